The van der Waals surface area contributed by atoms with Crippen molar-refractivity contribution in [1.82, 2.24) is 4.98 Å². The molecule has 0 N–H and O–H groups in total. The molecule has 2 rings (SSSR count). The van der Waals surface area contributed by atoms with Gasteiger partial charge >= 0.3 is 0 Å². The van der Waals surface area contributed by atoms with E-state index < -0.39 is 0 Å². The van der Waals surface area contributed by atoms with Gasteiger partial charge in [0.25, 0.3) is 0 Å². The van der Waals surface area contributed by atoms with E-state index in [1.165, 1.54) is 6.07 Å². The summed E-state index contributed by atoms with van der Waals surface area (Å²) in [7, 11) is 0. The predicted molar refractivity (Wildman–Crippen MR) is 54.4 cm³/mol. The SMILES string of the molecule is [2H]c1cc(-c2cc(C)ccn2)c([2H])c([2H])c1[2H]. The van der Waals surface area contributed by atoms with E-state index in [-0.39, 0.29) is 24.2 Å². The second-order valence-electron chi connectivity index (χ2n) is 2.80. The van der Waals surface area contributed by atoms with Crippen molar-refractivity contribution in [1.29, 1.82) is 0 Å². The second kappa shape index (κ2) is 3.40. The summed E-state index contributed by atoms with van der Waals surface area (Å²) in [5, 5.41) is 0. The standard InChI is InChI=1S/C12H11N/c1-10-7-8-13-12(9-10)11-5-3-2-4-6-11/h2-9H,1H3/i2D,3D,4D,5D. The molecule has 0 saturated carbocycles. The molecule has 64 valence electrons. The molecular weight excluding hydrogens is 158 g/mol. The molecule has 0 aliphatic carbocycles. The Morgan fingerprint density at radius 1 is 1.23 bits per heavy atom. The molecule has 1 nitrogen and oxygen atoms in total. The molecule has 0 atom stereocenters. The fourth-order valence-corrected chi connectivity index (χ4v) is 1.10. The third kappa shape index (κ3) is 1.75. The van der Waals surface area contributed by atoms with Crippen LogP contribution in [0.2, 0.25) is 0 Å². The van der Waals surface area contributed by atoms with E-state index in [1.807, 2.05) is 13.0 Å². The molecule has 1 aromatic carbocycles. The number of nitrogens with zero attached hydrogens (tertiary/aromatic N) is 1. The Kier molecular flexibility index (Phi) is 1.19. The minimum Gasteiger partial charge on any atom is -0.256 e. The molecule has 0 amide bonds. The van der Waals surface area contributed by atoms with Crippen molar-refractivity contribution in [2.75, 3.05) is 0 Å². The first kappa shape index (κ1) is 4.56. The lowest BCUT2D eigenvalue weighted by Gasteiger charge is -2.00. The Bertz CT molecular complexity index is 581. The van der Waals surface area contributed by atoms with Gasteiger partial charge in [-0.15, -0.1) is 0 Å². The number of hydrogen-bond acceptors (Lipinski definition) is 1. The number of benzene rings is 1. The molecule has 13 heavy (non-hydrogen) atoms. The van der Waals surface area contributed by atoms with Crippen LogP contribution in [0.1, 0.15) is 11.0 Å². The van der Waals surface area contributed by atoms with Gasteiger partial charge in [0.15, 0.2) is 0 Å². The molecule has 0 spiro atoms. The summed E-state index contributed by atoms with van der Waals surface area (Å²) in [6.45, 7) is 1.91. The smallest absolute Gasteiger partial charge is 0.0704 e. The van der Waals surface area contributed by atoms with Crippen molar-refractivity contribution in [3.05, 3.63) is 54.1 Å². The van der Waals surface area contributed by atoms with E-state index >= 15 is 0 Å². The van der Waals surface area contributed by atoms with Gasteiger partial charge < -0.3 is 0 Å². The van der Waals surface area contributed by atoms with Gasteiger partial charge in [-0.3, -0.25) is 4.98 Å². The van der Waals surface area contributed by atoms with Crippen LogP contribution in [0.15, 0.2) is 48.6 Å². The van der Waals surface area contributed by atoms with Crippen molar-refractivity contribution >= 4 is 0 Å². The van der Waals surface area contributed by atoms with Crippen LogP contribution in [0.4, 0.5) is 0 Å². The molecule has 0 aliphatic heterocycles. The minimum atomic E-state index is -0.226. The van der Waals surface area contributed by atoms with E-state index in [0.717, 1.165) is 5.56 Å². The van der Waals surface area contributed by atoms with Crippen molar-refractivity contribution in [2.24, 2.45) is 0 Å². The zero-order valence-corrected chi connectivity index (χ0v) is 7.26. The minimum absolute atomic E-state index is 0.0516. The quantitative estimate of drug-likeness (QED) is 0.646. The molecule has 0 saturated heterocycles. The average Bonchev–Trinajstić information content (AvgIpc) is 2.31. The van der Waals surface area contributed by atoms with E-state index in [2.05, 4.69) is 4.98 Å². The summed E-state index contributed by atoms with van der Waals surface area (Å²) >= 11 is 0. The number of rotatable bonds is 1. The summed E-state index contributed by atoms with van der Waals surface area (Å²) in [6, 6.07) is 4.52. The highest BCUT2D eigenvalue weighted by molar-refractivity contribution is 5.59. The largest absolute Gasteiger partial charge is 0.256 e. The van der Waals surface area contributed by atoms with Crippen LogP contribution in [0.25, 0.3) is 11.3 Å². The maximum absolute atomic E-state index is 7.81. The lowest BCUT2D eigenvalue weighted by atomic mass is 10.1. The Hall–Kier alpha value is -1.63. The van der Waals surface area contributed by atoms with Gasteiger partial charge in [-0.2, -0.15) is 0 Å². The Labute approximate surface area is 83.7 Å². The highest BCUT2D eigenvalue weighted by Crippen LogP contribution is 2.16. The Morgan fingerprint density at radius 2 is 2.15 bits per heavy atom. The molecule has 0 fully saturated rings. The Balaban J connectivity index is 2.68. The van der Waals surface area contributed by atoms with Crippen molar-refractivity contribution in [3.63, 3.8) is 0 Å². The first-order chi connectivity index (χ1) is 8.00. The van der Waals surface area contributed by atoms with Crippen molar-refractivity contribution < 1.29 is 5.48 Å². The summed E-state index contributed by atoms with van der Waals surface area (Å²) in [6.07, 6.45) is 1.63. The van der Waals surface area contributed by atoms with Crippen LogP contribution < -0.4 is 0 Å². The fourth-order valence-electron chi connectivity index (χ4n) is 1.10. The fraction of sp³-hybridized carbons (Fsp3) is 0.0833. The molecule has 0 radical (unpaired) electrons. The molecular formula is C12H11N. The van der Waals surface area contributed by atoms with Crippen LogP contribution in [-0.4, -0.2) is 4.98 Å². The van der Waals surface area contributed by atoms with Gasteiger partial charge in [0.1, 0.15) is 0 Å². The number of aryl methyl sites for hydroxylation is 1. The summed E-state index contributed by atoms with van der Waals surface area (Å²) < 4.78 is 30.5. The van der Waals surface area contributed by atoms with Gasteiger partial charge in [-0.25, -0.2) is 0 Å². The number of pyridine rings is 1. The van der Waals surface area contributed by atoms with Crippen LogP contribution >= 0.6 is 0 Å². The monoisotopic (exact) mass is 173 g/mol. The lowest BCUT2D eigenvalue weighted by molar-refractivity contribution is 1.29. The number of hydrogen-bond donors (Lipinski definition) is 0. The third-order valence-electron chi connectivity index (χ3n) is 1.74. The van der Waals surface area contributed by atoms with Crippen molar-refractivity contribution in [3.8, 4) is 11.3 Å². The highest BCUT2D eigenvalue weighted by Gasteiger charge is 1.96. The van der Waals surface area contributed by atoms with Crippen LogP contribution in [0.5, 0.6) is 0 Å². The maximum Gasteiger partial charge on any atom is 0.0704 e. The summed E-state index contributed by atoms with van der Waals surface area (Å²) in [5.41, 5.74) is 2.00. The summed E-state index contributed by atoms with van der Waals surface area (Å²) in [5.74, 6) is 0. The van der Waals surface area contributed by atoms with E-state index in [4.69, 9.17) is 5.48 Å². The average molecular weight is 173 g/mol. The molecule has 0 bridgehead atoms. The highest BCUT2D eigenvalue weighted by atomic mass is 14.7. The van der Waals surface area contributed by atoms with Gasteiger partial charge in [0.2, 0.25) is 0 Å². The van der Waals surface area contributed by atoms with E-state index in [9.17, 15) is 0 Å². The molecule has 1 aromatic heterocycles. The van der Waals surface area contributed by atoms with Crippen molar-refractivity contribution in [2.45, 2.75) is 6.92 Å². The maximum atomic E-state index is 7.81. The molecule has 2 aromatic rings. The predicted octanol–water partition coefficient (Wildman–Crippen LogP) is 3.06. The normalized spacial score (nSPS) is 14.2. The van der Waals surface area contributed by atoms with Gasteiger partial charge in [-0.1, -0.05) is 30.2 Å². The first-order valence-electron chi connectivity index (χ1n) is 6.01. The second-order valence-corrected chi connectivity index (χ2v) is 2.80. The van der Waals surface area contributed by atoms with Gasteiger partial charge in [0.05, 0.1) is 11.2 Å². The number of aromatic nitrogens is 1. The Morgan fingerprint density at radius 3 is 3.00 bits per heavy atom. The van der Waals surface area contributed by atoms with Crippen LogP contribution in [-0.2, 0) is 0 Å². The van der Waals surface area contributed by atoms with Gasteiger partial charge in [0, 0.05) is 11.8 Å². The molecule has 0 aliphatic rings. The van der Waals surface area contributed by atoms with E-state index in [0.29, 0.717) is 11.3 Å². The van der Waals surface area contributed by atoms with Crippen LogP contribution in [0, 0.1) is 6.92 Å². The van der Waals surface area contributed by atoms with E-state index in [1.54, 1.807) is 12.3 Å². The zero-order chi connectivity index (χ0) is 12.6. The third-order valence-corrected chi connectivity index (χ3v) is 1.74. The molecule has 0 unspecified atom stereocenters. The molecule has 1 heteroatoms. The van der Waals surface area contributed by atoms with Gasteiger partial charge in [-0.05, 0) is 24.6 Å². The van der Waals surface area contributed by atoms with Crippen LogP contribution in [0.3, 0.4) is 0 Å². The summed E-state index contributed by atoms with van der Waals surface area (Å²) in [4.78, 5) is 4.13. The topological polar surface area (TPSA) is 12.9 Å². The lowest BCUT2D eigenvalue weighted by Crippen LogP contribution is -1.82. The first-order valence-corrected chi connectivity index (χ1v) is 4.01. The molecule has 1 heterocycles. The zero-order valence-electron chi connectivity index (χ0n) is 11.3.